The van der Waals surface area contributed by atoms with Gasteiger partial charge in [0.15, 0.2) is 6.20 Å². The predicted molar refractivity (Wildman–Crippen MR) is 56.6 cm³/mol. The van der Waals surface area contributed by atoms with Gasteiger partial charge in [-0.2, -0.15) is 0 Å². The van der Waals surface area contributed by atoms with Crippen molar-refractivity contribution in [2.24, 2.45) is 0 Å². The molecule has 1 aromatic carbocycles. The SMILES string of the molecule is [2H]C(N[C@@H](C)C(=O)O)(OC=O)c1ccccc1. The van der Waals surface area contributed by atoms with Crippen molar-refractivity contribution in [2.45, 2.75) is 19.2 Å². The van der Waals surface area contributed by atoms with E-state index in [-0.39, 0.29) is 6.47 Å². The number of carboxylic acid groups (broad SMARTS) is 1. The largest absolute Gasteiger partial charge is 0.480 e. The second-order valence-electron chi connectivity index (χ2n) is 3.11. The van der Waals surface area contributed by atoms with Crippen molar-refractivity contribution in [3.8, 4) is 0 Å². The first-order valence-corrected chi connectivity index (χ1v) is 4.67. The van der Waals surface area contributed by atoms with Gasteiger partial charge >= 0.3 is 5.97 Å². The molecule has 0 bridgehead atoms. The van der Waals surface area contributed by atoms with Crippen molar-refractivity contribution < 1.29 is 20.8 Å². The Morgan fingerprint density at radius 1 is 1.56 bits per heavy atom. The third-order valence-electron chi connectivity index (χ3n) is 1.92. The monoisotopic (exact) mass is 224 g/mol. The lowest BCUT2D eigenvalue weighted by Crippen LogP contribution is -2.37. The molecule has 2 atom stereocenters. The lowest BCUT2D eigenvalue weighted by atomic mass is 10.2. The number of aliphatic carboxylic acids is 1. The lowest BCUT2D eigenvalue weighted by Gasteiger charge is -2.19. The van der Waals surface area contributed by atoms with Crippen LogP contribution in [-0.4, -0.2) is 23.6 Å². The highest BCUT2D eigenvalue weighted by Crippen LogP contribution is 2.13. The molecule has 1 rings (SSSR count). The normalized spacial score (nSPS) is 16.7. The average molecular weight is 224 g/mol. The first-order chi connectivity index (χ1) is 7.99. The maximum absolute atomic E-state index is 10.7. The molecule has 0 aliphatic carbocycles. The highest BCUT2D eigenvalue weighted by molar-refractivity contribution is 5.72. The summed E-state index contributed by atoms with van der Waals surface area (Å²) in [6, 6.07) is 7.19. The van der Waals surface area contributed by atoms with Crippen molar-refractivity contribution in [1.82, 2.24) is 5.32 Å². The number of benzene rings is 1. The Hall–Kier alpha value is -1.88. The van der Waals surface area contributed by atoms with E-state index in [0.29, 0.717) is 5.56 Å². The van der Waals surface area contributed by atoms with Gasteiger partial charge < -0.3 is 9.84 Å². The maximum atomic E-state index is 10.7. The van der Waals surface area contributed by atoms with Crippen molar-refractivity contribution in [2.75, 3.05) is 0 Å². The number of ether oxygens (including phenoxy) is 1. The molecular formula is C11H13NO4. The number of carboxylic acids is 1. The van der Waals surface area contributed by atoms with Crippen molar-refractivity contribution >= 4 is 12.4 Å². The molecule has 0 aliphatic rings. The first-order valence-electron chi connectivity index (χ1n) is 5.17. The molecule has 0 saturated heterocycles. The zero-order chi connectivity index (χ0) is 12.9. The van der Waals surface area contributed by atoms with E-state index >= 15 is 0 Å². The quantitative estimate of drug-likeness (QED) is 0.555. The molecule has 2 N–H and O–H groups in total. The summed E-state index contributed by atoms with van der Waals surface area (Å²) in [5.41, 5.74) is 0.347. The van der Waals surface area contributed by atoms with Gasteiger partial charge in [0, 0.05) is 5.56 Å². The van der Waals surface area contributed by atoms with Crippen LogP contribution in [0.1, 0.15) is 20.1 Å². The van der Waals surface area contributed by atoms with E-state index in [1.54, 1.807) is 30.3 Å². The summed E-state index contributed by atoms with van der Waals surface area (Å²) in [4.78, 5) is 21.1. The highest BCUT2D eigenvalue weighted by atomic mass is 16.5. The van der Waals surface area contributed by atoms with Crippen LogP contribution in [0.4, 0.5) is 0 Å². The third kappa shape index (κ3) is 3.36. The summed E-state index contributed by atoms with van der Waals surface area (Å²) in [6.07, 6.45) is -1.90. The summed E-state index contributed by atoms with van der Waals surface area (Å²) >= 11 is 0. The molecule has 0 aromatic heterocycles. The van der Waals surface area contributed by atoms with Gasteiger partial charge in [-0.05, 0) is 6.92 Å². The van der Waals surface area contributed by atoms with E-state index in [1.165, 1.54) is 6.92 Å². The molecule has 0 radical (unpaired) electrons. The molecule has 0 heterocycles. The summed E-state index contributed by atoms with van der Waals surface area (Å²) < 4.78 is 12.6. The predicted octanol–water partition coefficient (Wildman–Crippen LogP) is 0.921. The number of hydrogen-bond donors (Lipinski definition) is 2. The van der Waals surface area contributed by atoms with Gasteiger partial charge in [-0.3, -0.25) is 14.9 Å². The Morgan fingerprint density at radius 2 is 2.19 bits per heavy atom. The summed E-state index contributed by atoms with van der Waals surface area (Å²) in [7, 11) is 0. The van der Waals surface area contributed by atoms with E-state index in [2.05, 4.69) is 10.1 Å². The Morgan fingerprint density at radius 3 is 2.69 bits per heavy atom. The van der Waals surface area contributed by atoms with Gasteiger partial charge in [-0.1, -0.05) is 30.3 Å². The van der Waals surface area contributed by atoms with E-state index in [4.69, 9.17) is 6.48 Å². The van der Waals surface area contributed by atoms with E-state index in [9.17, 15) is 9.59 Å². The topological polar surface area (TPSA) is 75.6 Å². The zero-order valence-corrected chi connectivity index (χ0v) is 8.71. The third-order valence-corrected chi connectivity index (χ3v) is 1.92. The average Bonchev–Trinajstić information content (AvgIpc) is 2.30. The molecule has 0 saturated carbocycles. The molecule has 16 heavy (non-hydrogen) atoms. The number of hydrogen-bond acceptors (Lipinski definition) is 4. The molecule has 5 heteroatoms. The van der Waals surface area contributed by atoms with Crippen LogP contribution in [0.3, 0.4) is 0 Å². The molecule has 1 aromatic rings. The minimum Gasteiger partial charge on any atom is -0.480 e. The number of nitrogens with one attached hydrogen (secondary N) is 1. The second kappa shape index (κ2) is 5.87. The zero-order valence-electron chi connectivity index (χ0n) is 9.71. The van der Waals surface area contributed by atoms with Gasteiger partial charge in [0.05, 0.1) is 1.37 Å². The fraction of sp³-hybridized carbons (Fsp3) is 0.273. The van der Waals surface area contributed by atoms with E-state index < -0.39 is 18.2 Å². The Kier molecular flexibility index (Phi) is 3.90. The van der Waals surface area contributed by atoms with Crippen LogP contribution in [0.2, 0.25) is 0 Å². The molecule has 1 unspecified atom stereocenters. The Labute approximate surface area is 94.4 Å². The van der Waals surface area contributed by atoms with E-state index in [0.717, 1.165) is 0 Å². The molecule has 5 nitrogen and oxygen atoms in total. The van der Waals surface area contributed by atoms with Gasteiger partial charge in [0.2, 0.25) is 0 Å². The maximum Gasteiger partial charge on any atom is 0.320 e. The van der Waals surface area contributed by atoms with Crippen LogP contribution in [0, 0.1) is 0 Å². The second-order valence-corrected chi connectivity index (χ2v) is 3.11. The van der Waals surface area contributed by atoms with Crippen molar-refractivity contribution in [3.05, 3.63) is 35.9 Å². The van der Waals surface area contributed by atoms with Crippen molar-refractivity contribution in [3.63, 3.8) is 0 Å². The summed E-state index contributed by atoms with van der Waals surface area (Å²) in [5.74, 6) is -1.13. The summed E-state index contributed by atoms with van der Waals surface area (Å²) in [5, 5.41) is 11.2. The first kappa shape index (κ1) is 10.6. The van der Waals surface area contributed by atoms with Crippen LogP contribution >= 0.6 is 0 Å². The van der Waals surface area contributed by atoms with Crippen LogP contribution in [0.5, 0.6) is 0 Å². The highest BCUT2D eigenvalue weighted by Gasteiger charge is 2.18. The molecule has 0 fully saturated rings. The lowest BCUT2D eigenvalue weighted by molar-refractivity contribution is -0.144. The molecule has 86 valence electrons. The molecule has 0 spiro atoms. The van der Waals surface area contributed by atoms with Gasteiger partial charge in [0.1, 0.15) is 6.04 Å². The smallest absolute Gasteiger partial charge is 0.320 e. The fourth-order valence-corrected chi connectivity index (χ4v) is 1.08. The van der Waals surface area contributed by atoms with Crippen LogP contribution in [0.15, 0.2) is 30.3 Å². The van der Waals surface area contributed by atoms with Crippen LogP contribution < -0.4 is 5.32 Å². The van der Waals surface area contributed by atoms with Gasteiger partial charge in [-0.25, -0.2) is 0 Å². The number of carbonyl (C=O) groups is 2. The minimum absolute atomic E-state index is 0.113. The van der Waals surface area contributed by atoms with Crippen molar-refractivity contribution in [1.29, 1.82) is 0 Å². The number of rotatable bonds is 6. The molecular weight excluding hydrogens is 210 g/mol. The van der Waals surface area contributed by atoms with Gasteiger partial charge in [0.25, 0.3) is 6.47 Å². The van der Waals surface area contributed by atoms with Crippen LogP contribution in [-0.2, 0) is 14.3 Å². The van der Waals surface area contributed by atoms with E-state index in [1.807, 2.05) is 0 Å². The molecule has 0 amide bonds. The summed E-state index contributed by atoms with van der Waals surface area (Å²) in [6.45, 7) is 1.48. The van der Waals surface area contributed by atoms with Crippen LogP contribution in [0.25, 0.3) is 0 Å². The number of carbonyl (C=O) groups excluding carboxylic acids is 1. The van der Waals surface area contributed by atoms with Gasteiger partial charge in [-0.15, -0.1) is 0 Å². The molecule has 0 aliphatic heterocycles. The Balaban J connectivity index is 2.97. The Bertz CT molecular complexity index is 398. The standard InChI is InChI=1S/C11H13NO4/c1-8(11(14)15)12-10(16-7-13)9-5-3-2-4-6-9/h2-8,10,12H,1H3,(H,14,15)/t8-,10?/m0/s1/i10D. The fourth-order valence-electron chi connectivity index (χ4n) is 1.08. The minimum atomic E-state index is -1.90.